The SMILES string of the molecule is COc1ccc(OC)c(C(C)NC(=O)COC(=O)c2ccc3nc(Cl)ccc3c2)c1. The topological polar surface area (TPSA) is 86.8 Å². The van der Waals surface area contributed by atoms with Crippen molar-refractivity contribution in [3.63, 3.8) is 0 Å². The van der Waals surface area contributed by atoms with Gasteiger partial charge in [0.25, 0.3) is 5.91 Å². The molecule has 0 bridgehead atoms. The van der Waals surface area contributed by atoms with Crippen molar-refractivity contribution in [3.8, 4) is 11.5 Å². The number of nitrogens with zero attached hydrogens (tertiary/aromatic N) is 1. The summed E-state index contributed by atoms with van der Waals surface area (Å²) < 4.78 is 15.7. The maximum Gasteiger partial charge on any atom is 0.338 e. The molecular weight excluding hydrogens is 408 g/mol. The van der Waals surface area contributed by atoms with E-state index in [0.717, 1.165) is 10.9 Å². The van der Waals surface area contributed by atoms with Crippen LogP contribution in [-0.2, 0) is 9.53 Å². The Labute approximate surface area is 178 Å². The molecule has 0 saturated carbocycles. The highest BCUT2D eigenvalue weighted by Crippen LogP contribution is 2.29. The number of hydrogen-bond donors (Lipinski definition) is 1. The molecule has 1 aromatic heterocycles. The highest BCUT2D eigenvalue weighted by atomic mass is 35.5. The van der Waals surface area contributed by atoms with Gasteiger partial charge in [0.2, 0.25) is 0 Å². The standard InChI is InChI=1S/C22H21ClN2O5/c1-13(17-11-16(28-2)6-8-19(17)29-3)24-21(26)12-30-22(27)15-4-7-18-14(10-15)5-9-20(23)25-18/h4-11,13H,12H2,1-3H3,(H,24,26). The van der Waals surface area contributed by atoms with Crippen LogP contribution in [-0.4, -0.2) is 37.7 Å². The van der Waals surface area contributed by atoms with E-state index in [0.29, 0.717) is 27.7 Å². The third kappa shape index (κ3) is 4.99. The normalized spacial score (nSPS) is 11.6. The number of carbonyl (C=O) groups excluding carboxylic acids is 2. The number of methoxy groups -OCH3 is 2. The fraction of sp³-hybridized carbons (Fsp3) is 0.227. The van der Waals surface area contributed by atoms with Gasteiger partial charge in [-0.15, -0.1) is 0 Å². The number of pyridine rings is 1. The molecular formula is C22H21ClN2O5. The number of halogens is 1. The lowest BCUT2D eigenvalue weighted by Gasteiger charge is -2.18. The van der Waals surface area contributed by atoms with E-state index in [9.17, 15) is 9.59 Å². The van der Waals surface area contributed by atoms with Crippen molar-refractivity contribution in [2.24, 2.45) is 0 Å². The van der Waals surface area contributed by atoms with Gasteiger partial charge in [-0.2, -0.15) is 0 Å². The van der Waals surface area contributed by atoms with Crippen LogP contribution in [0, 0.1) is 0 Å². The van der Waals surface area contributed by atoms with Crippen LogP contribution in [0.15, 0.2) is 48.5 Å². The molecule has 1 amide bonds. The zero-order chi connectivity index (χ0) is 21.7. The summed E-state index contributed by atoms with van der Waals surface area (Å²) in [5, 5.41) is 3.91. The van der Waals surface area contributed by atoms with Gasteiger partial charge in [0, 0.05) is 10.9 Å². The summed E-state index contributed by atoms with van der Waals surface area (Å²) in [4.78, 5) is 28.8. The molecule has 156 valence electrons. The van der Waals surface area contributed by atoms with Crippen molar-refractivity contribution in [3.05, 3.63) is 64.8 Å². The Hall–Kier alpha value is -3.32. The van der Waals surface area contributed by atoms with E-state index in [1.54, 1.807) is 69.7 Å². The number of fused-ring (bicyclic) bond motifs is 1. The highest BCUT2D eigenvalue weighted by molar-refractivity contribution is 6.29. The minimum atomic E-state index is -0.603. The van der Waals surface area contributed by atoms with Crippen LogP contribution >= 0.6 is 11.6 Å². The van der Waals surface area contributed by atoms with E-state index in [1.165, 1.54) is 0 Å². The van der Waals surface area contributed by atoms with Gasteiger partial charge in [0.05, 0.1) is 31.3 Å². The largest absolute Gasteiger partial charge is 0.497 e. The van der Waals surface area contributed by atoms with E-state index in [-0.39, 0.29) is 6.04 Å². The zero-order valence-electron chi connectivity index (χ0n) is 16.8. The molecule has 8 heteroatoms. The molecule has 1 heterocycles. The van der Waals surface area contributed by atoms with Crippen molar-refractivity contribution < 1.29 is 23.8 Å². The number of ether oxygens (including phenoxy) is 3. The van der Waals surface area contributed by atoms with Gasteiger partial charge < -0.3 is 19.5 Å². The van der Waals surface area contributed by atoms with E-state index in [1.807, 2.05) is 0 Å². The number of aromatic nitrogens is 1. The summed E-state index contributed by atoms with van der Waals surface area (Å²) in [5.74, 6) is 0.222. The Balaban J connectivity index is 1.61. The van der Waals surface area contributed by atoms with Crippen LogP contribution in [0.2, 0.25) is 5.15 Å². The van der Waals surface area contributed by atoms with Gasteiger partial charge >= 0.3 is 5.97 Å². The van der Waals surface area contributed by atoms with Crippen molar-refractivity contribution in [2.75, 3.05) is 20.8 Å². The van der Waals surface area contributed by atoms with Crippen molar-refractivity contribution >= 4 is 34.4 Å². The first kappa shape index (κ1) is 21.4. The predicted molar refractivity (Wildman–Crippen MR) is 113 cm³/mol. The summed E-state index contributed by atoms with van der Waals surface area (Å²) >= 11 is 5.87. The first-order valence-corrected chi connectivity index (χ1v) is 9.53. The third-order valence-electron chi connectivity index (χ3n) is 4.51. The smallest absolute Gasteiger partial charge is 0.338 e. The second kappa shape index (κ2) is 9.45. The Morgan fingerprint density at radius 3 is 2.60 bits per heavy atom. The monoisotopic (exact) mass is 428 g/mol. The molecule has 3 aromatic rings. The minimum Gasteiger partial charge on any atom is -0.497 e. The van der Waals surface area contributed by atoms with Crippen molar-refractivity contribution in [1.82, 2.24) is 10.3 Å². The Morgan fingerprint density at radius 2 is 1.87 bits per heavy atom. The summed E-state index contributed by atoms with van der Waals surface area (Å²) in [6, 6.07) is 13.2. The summed E-state index contributed by atoms with van der Waals surface area (Å²) in [6.45, 7) is 1.39. The molecule has 1 N–H and O–H groups in total. The van der Waals surface area contributed by atoms with E-state index in [2.05, 4.69) is 10.3 Å². The van der Waals surface area contributed by atoms with Crippen LogP contribution in [0.25, 0.3) is 10.9 Å². The number of rotatable bonds is 7. The Morgan fingerprint density at radius 1 is 1.07 bits per heavy atom. The lowest BCUT2D eigenvalue weighted by Crippen LogP contribution is -2.31. The third-order valence-corrected chi connectivity index (χ3v) is 4.72. The summed E-state index contributed by atoms with van der Waals surface area (Å²) in [6.07, 6.45) is 0. The first-order valence-electron chi connectivity index (χ1n) is 9.16. The Kier molecular flexibility index (Phi) is 6.74. The number of amides is 1. The highest BCUT2D eigenvalue weighted by Gasteiger charge is 2.17. The van der Waals surface area contributed by atoms with Gasteiger partial charge in [-0.05, 0) is 55.5 Å². The quantitative estimate of drug-likeness (QED) is 0.453. The molecule has 7 nitrogen and oxygen atoms in total. The lowest BCUT2D eigenvalue weighted by atomic mass is 10.1. The molecule has 0 aliphatic rings. The fourth-order valence-electron chi connectivity index (χ4n) is 2.98. The number of nitrogens with one attached hydrogen (secondary N) is 1. The average molecular weight is 429 g/mol. The maximum absolute atomic E-state index is 12.3. The molecule has 0 aliphatic carbocycles. The van der Waals surface area contributed by atoms with E-state index in [4.69, 9.17) is 25.8 Å². The summed E-state index contributed by atoms with van der Waals surface area (Å²) in [5.41, 5.74) is 1.73. The van der Waals surface area contributed by atoms with Gasteiger partial charge in [-0.25, -0.2) is 9.78 Å². The molecule has 0 aliphatic heterocycles. The number of carbonyl (C=O) groups is 2. The fourth-order valence-corrected chi connectivity index (χ4v) is 3.13. The zero-order valence-corrected chi connectivity index (χ0v) is 17.5. The second-order valence-corrected chi connectivity index (χ2v) is 6.90. The van der Waals surface area contributed by atoms with Gasteiger partial charge in [0.15, 0.2) is 6.61 Å². The van der Waals surface area contributed by atoms with E-state index < -0.39 is 18.5 Å². The molecule has 30 heavy (non-hydrogen) atoms. The predicted octanol–water partition coefficient (Wildman–Crippen LogP) is 3.94. The van der Waals surface area contributed by atoms with Crippen molar-refractivity contribution in [2.45, 2.75) is 13.0 Å². The number of benzene rings is 2. The molecule has 0 radical (unpaired) electrons. The average Bonchev–Trinajstić information content (AvgIpc) is 2.76. The minimum absolute atomic E-state index is 0.321. The molecule has 0 saturated heterocycles. The number of esters is 1. The molecule has 0 spiro atoms. The first-order chi connectivity index (χ1) is 14.4. The van der Waals surface area contributed by atoms with Crippen LogP contribution in [0.1, 0.15) is 28.9 Å². The van der Waals surface area contributed by atoms with Crippen LogP contribution in [0.4, 0.5) is 0 Å². The van der Waals surface area contributed by atoms with Crippen molar-refractivity contribution in [1.29, 1.82) is 0 Å². The lowest BCUT2D eigenvalue weighted by molar-refractivity contribution is -0.124. The molecule has 1 atom stereocenters. The van der Waals surface area contributed by atoms with Gasteiger partial charge in [-0.1, -0.05) is 11.6 Å². The second-order valence-electron chi connectivity index (χ2n) is 6.51. The summed E-state index contributed by atoms with van der Waals surface area (Å²) in [7, 11) is 3.11. The van der Waals surface area contributed by atoms with Crippen LogP contribution < -0.4 is 14.8 Å². The molecule has 1 unspecified atom stereocenters. The van der Waals surface area contributed by atoms with Crippen LogP contribution in [0.3, 0.4) is 0 Å². The van der Waals surface area contributed by atoms with Crippen LogP contribution in [0.5, 0.6) is 11.5 Å². The molecule has 3 rings (SSSR count). The van der Waals surface area contributed by atoms with Gasteiger partial charge in [-0.3, -0.25) is 4.79 Å². The van der Waals surface area contributed by atoms with Gasteiger partial charge in [0.1, 0.15) is 16.7 Å². The van der Waals surface area contributed by atoms with E-state index >= 15 is 0 Å². The number of hydrogen-bond acceptors (Lipinski definition) is 6. The molecule has 2 aromatic carbocycles. The Bertz CT molecular complexity index is 1090. The maximum atomic E-state index is 12.3. The molecule has 0 fully saturated rings.